The van der Waals surface area contributed by atoms with Crippen LogP contribution in [0.2, 0.25) is 0 Å². The molecule has 2 aromatic rings. The van der Waals surface area contributed by atoms with Crippen LogP contribution in [-0.2, 0) is 20.7 Å². The van der Waals surface area contributed by atoms with Gasteiger partial charge in [0.15, 0.2) is 11.6 Å². The highest BCUT2D eigenvalue weighted by Crippen LogP contribution is 2.49. The van der Waals surface area contributed by atoms with Gasteiger partial charge in [0.2, 0.25) is 0 Å². The van der Waals surface area contributed by atoms with Crippen LogP contribution in [0.5, 0.6) is 11.5 Å². The molecule has 0 aliphatic heterocycles. The normalized spacial score (nSPS) is 26.3. The first-order chi connectivity index (χ1) is 20.7. The Morgan fingerprint density at radius 1 is 0.977 bits per heavy atom. The number of carbonyl (C=O) groups excluding carboxylic acids is 3. The maximum Gasteiger partial charge on any atom is 0.308 e. The topological polar surface area (TPSA) is 90.9 Å². The van der Waals surface area contributed by atoms with E-state index in [0.717, 1.165) is 25.3 Å². The van der Waals surface area contributed by atoms with Crippen LogP contribution < -0.4 is 14.8 Å². The number of ketones is 1. The van der Waals surface area contributed by atoms with Crippen molar-refractivity contribution in [1.82, 2.24) is 5.32 Å². The van der Waals surface area contributed by atoms with E-state index in [4.69, 9.17) is 14.2 Å². The molecule has 3 fully saturated rings. The van der Waals surface area contributed by atoms with E-state index >= 15 is 4.39 Å². The number of nitrogens with one attached hydrogen (secondary N) is 1. The van der Waals surface area contributed by atoms with Gasteiger partial charge in [-0.3, -0.25) is 14.4 Å². The molecule has 0 spiro atoms. The van der Waals surface area contributed by atoms with Crippen LogP contribution in [-0.4, -0.2) is 43.5 Å². The molecule has 3 aliphatic rings. The summed E-state index contributed by atoms with van der Waals surface area (Å²) in [5.41, 5.74) is 0.489. The average molecular weight is 602 g/mol. The monoisotopic (exact) mass is 601 g/mol. The van der Waals surface area contributed by atoms with Crippen molar-refractivity contribution in [3.05, 3.63) is 58.9 Å². The van der Waals surface area contributed by atoms with E-state index in [0.29, 0.717) is 37.9 Å². The van der Waals surface area contributed by atoms with Gasteiger partial charge in [-0.25, -0.2) is 13.2 Å². The highest BCUT2D eigenvalue weighted by molar-refractivity contribution is 5.98. The largest absolute Gasteiger partial charge is 0.496 e. The Morgan fingerprint density at radius 3 is 2.42 bits per heavy atom. The summed E-state index contributed by atoms with van der Waals surface area (Å²) in [6.07, 6.45) is 1.87. The number of carbonyl (C=O) groups is 3. The molecule has 2 aromatic carbocycles. The van der Waals surface area contributed by atoms with E-state index in [1.54, 1.807) is 13.0 Å². The SMILES string of the molecule is CCOC(=O)C1CCC(Oc2cc(C(=O)N[C@@H]3[C@H]4CC[C@H](C4)[C@@H]3C(=O)Cc3cccc(C(F)F)c3)c(OC)cc2F)CC1. The second-order valence-corrected chi connectivity index (χ2v) is 11.9. The number of hydrogen-bond acceptors (Lipinski definition) is 6. The van der Waals surface area contributed by atoms with Crippen LogP contribution >= 0.6 is 0 Å². The summed E-state index contributed by atoms with van der Waals surface area (Å²) in [6.45, 7) is 2.09. The maximum absolute atomic E-state index is 15.0. The fourth-order valence-corrected chi connectivity index (χ4v) is 7.18. The molecular formula is C33H38F3NO6. The molecule has 232 valence electrons. The number of fused-ring (bicyclic) bond motifs is 2. The van der Waals surface area contributed by atoms with E-state index in [-0.39, 0.29) is 64.7 Å². The van der Waals surface area contributed by atoms with Gasteiger partial charge in [0.1, 0.15) is 11.5 Å². The molecule has 0 aromatic heterocycles. The lowest BCUT2D eigenvalue weighted by molar-refractivity contribution is -0.149. The van der Waals surface area contributed by atoms with E-state index < -0.39 is 30.1 Å². The summed E-state index contributed by atoms with van der Waals surface area (Å²) < 4.78 is 57.8. The zero-order chi connectivity index (χ0) is 30.7. The minimum Gasteiger partial charge on any atom is -0.496 e. The number of benzene rings is 2. The molecular weight excluding hydrogens is 563 g/mol. The van der Waals surface area contributed by atoms with Gasteiger partial charge in [0.05, 0.1) is 31.3 Å². The summed E-state index contributed by atoms with van der Waals surface area (Å²) >= 11 is 0. The molecule has 10 heteroatoms. The van der Waals surface area contributed by atoms with Gasteiger partial charge in [-0.2, -0.15) is 0 Å². The van der Waals surface area contributed by atoms with Gasteiger partial charge in [-0.1, -0.05) is 18.2 Å². The predicted molar refractivity (Wildman–Crippen MR) is 152 cm³/mol. The fraction of sp³-hybridized carbons (Fsp3) is 0.545. The van der Waals surface area contributed by atoms with Gasteiger partial charge in [-0.15, -0.1) is 0 Å². The molecule has 43 heavy (non-hydrogen) atoms. The smallest absolute Gasteiger partial charge is 0.308 e. The first-order valence-electron chi connectivity index (χ1n) is 15.1. The van der Waals surface area contributed by atoms with Crippen molar-refractivity contribution in [1.29, 1.82) is 0 Å². The van der Waals surface area contributed by atoms with E-state index in [9.17, 15) is 23.2 Å². The molecule has 0 saturated heterocycles. The number of ether oxygens (including phenoxy) is 3. The quantitative estimate of drug-likeness (QED) is 0.307. The van der Waals surface area contributed by atoms with Crippen molar-refractivity contribution in [2.45, 2.75) is 76.9 Å². The van der Waals surface area contributed by atoms with Gasteiger partial charge >= 0.3 is 5.97 Å². The molecule has 0 radical (unpaired) electrons. The Hall–Kier alpha value is -3.56. The van der Waals surface area contributed by atoms with E-state index in [1.165, 1.54) is 31.4 Å². The maximum atomic E-state index is 15.0. The summed E-state index contributed by atoms with van der Waals surface area (Å²) in [4.78, 5) is 39.2. The minimum atomic E-state index is -2.62. The van der Waals surface area contributed by atoms with Crippen LogP contribution in [0.1, 0.15) is 79.8 Å². The molecule has 5 rings (SSSR count). The summed E-state index contributed by atoms with van der Waals surface area (Å²) in [7, 11) is 1.35. The van der Waals surface area contributed by atoms with Gasteiger partial charge in [0, 0.05) is 30.0 Å². The Morgan fingerprint density at radius 2 is 1.72 bits per heavy atom. The van der Waals surface area contributed by atoms with Gasteiger partial charge in [0.25, 0.3) is 12.3 Å². The number of Topliss-reactive ketones (excluding diaryl/α,β-unsaturated/α-hetero) is 1. The van der Waals surface area contributed by atoms with Crippen LogP contribution in [0.15, 0.2) is 36.4 Å². The number of halogens is 3. The molecule has 1 amide bonds. The van der Waals surface area contributed by atoms with E-state index in [2.05, 4.69) is 5.32 Å². The zero-order valence-corrected chi connectivity index (χ0v) is 24.5. The van der Waals surface area contributed by atoms with Gasteiger partial charge < -0.3 is 19.5 Å². The molecule has 2 bridgehead atoms. The Balaban J connectivity index is 1.28. The minimum absolute atomic E-state index is 0.0110. The lowest BCUT2D eigenvalue weighted by Crippen LogP contribution is -2.47. The third-order valence-corrected chi connectivity index (χ3v) is 9.25. The molecule has 4 atom stereocenters. The van der Waals surface area contributed by atoms with Crippen molar-refractivity contribution in [2.24, 2.45) is 23.7 Å². The van der Waals surface area contributed by atoms with Crippen LogP contribution in [0.3, 0.4) is 0 Å². The predicted octanol–water partition coefficient (Wildman–Crippen LogP) is 6.23. The first-order valence-corrected chi connectivity index (χ1v) is 15.1. The number of rotatable bonds is 11. The molecule has 0 heterocycles. The molecule has 0 unspecified atom stereocenters. The number of amides is 1. The van der Waals surface area contributed by atoms with E-state index in [1.807, 2.05) is 0 Å². The highest BCUT2D eigenvalue weighted by atomic mass is 19.3. The third-order valence-electron chi connectivity index (χ3n) is 9.25. The highest BCUT2D eigenvalue weighted by Gasteiger charge is 2.51. The molecule has 1 N–H and O–H groups in total. The second kappa shape index (κ2) is 13.4. The van der Waals surface area contributed by atoms with Crippen molar-refractivity contribution < 1.29 is 41.8 Å². The van der Waals surface area contributed by atoms with Crippen LogP contribution in [0.25, 0.3) is 0 Å². The number of alkyl halides is 2. The van der Waals surface area contributed by atoms with Crippen molar-refractivity contribution in [2.75, 3.05) is 13.7 Å². The zero-order valence-electron chi connectivity index (χ0n) is 24.5. The third kappa shape index (κ3) is 6.83. The standard InChI is InChI=1S/C33H38F3NO6/c1-3-42-33(40)19-9-11-23(12-10-19)43-28-16-24(27(41-2)17-25(28)34)32(39)37-30-21-8-7-20(15-21)29(30)26(38)14-18-5-4-6-22(13-18)31(35)36/h4-6,13,16-17,19-21,23,29-31H,3,7-12,14-15H2,1-2H3,(H,37,39)/t19?,20-,21+,23?,29-,30-/m1/s1. The number of methoxy groups -OCH3 is 1. The Labute approximate surface area is 249 Å². The summed E-state index contributed by atoms with van der Waals surface area (Å²) in [5, 5.41) is 3.04. The summed E-state index contributed by atoms with van der Waals surface area (Å²) in [6, 6.07) is 7.91. The van der Waals surface area contributed by atoms with Gasteiger partial charge in [-0.05, 0) is 81.4 Å². The van der Waals surface area contributed by atoms with Crippen LogP contribution in [0, 0.1) is 29.5 Å². The number of hydrogen-bond donors (Lipinski definition) is 1. The fourth-order valence-electron chi connectivity index (χ4n) is 7.18. The van der Waals surface area contributed by atoms with Crippen molar-refractivity contribution in [3.8, 4) is 11.5 Å². The average Bonchev–Trinajstić information content (AvgIpc) is 3.60. The molecule has 3 aliphatic carbocycles. The second-order valence-electron chi connectivity index (χ2n) is 11.9. The first kappa shape index (κ1) is 30.9. The molecule has 3 saturated carbocycles. The lowest BCUT2D eigenvalue weighted by Gasteiger charge is -2.31. The summed E-state index contributed by atoms with van der Waals surface area (Å²) in [5.74, 6) is -1.92. The Kier molecular flexibility index (Phi) is 9.62. The number of esters is 1. The van der Waals surface area contributed by atoms with Crippen molar-refractivity contribution >= 4 is 17.7 Å². The van der Waals surface area contributed by atoms with Crippen molar-refractivity contribution in [3.63, 3.8) is 0 Å². The van der Waals surface area contributed by atoms with Crippen LogP contribution in [0.4, 0.5) is 13.2 Å². The molecule has 7 nitrogen and oxygen atoms in total. The lowest BCUT2D eigenvalue weighted by atomic mass is 9.79. The Bertz CT molecular complexity index is 1340.